The Hall–Kier alpha value is -0.840. The highest BCUT2D eigenvalue weighted by molar-refractivity contribution is 9.09. The number of rotatable bonds is 5. The lowest BCUT2D eigenvalue weighted by Gasteiger charge is -2.16. The van der Waals surface area contributed by atoms with Crippen molar-refractivity contribution >= 4 is 21.7 Å². The molecule has 0 aliphatic carbocycles. The number of nitrogens with one attached hydrogen (secondary N) is 1. The molecule has 0 aliphatic heterocycles. The first kappa shape index (κ1) is 13.2. The minimum absolute atomic E-state index is 0.355. The lowest BCUT2D eigenvalue weighted by Crippen LogP contribution is -2.19. The fourth-order valence-electron chi connectivity index (χ4n) is 1.52. The molecule has 0 fully saturated rings. The zero-order chi connectivity index (χ0) is 12.1. The van der Waals surface area contributed by atoms with Crippen molar-refractivity contribution < 1.29 is 4.74 Å². The summed E-state index contributed by atoms with van der Waals surface area (Å²) in [5, 5.41) is 3.33. The summed E-state index contributed by atoms with van der Waals surface area (Å²) >= 11 is 3.53. The Bertz CT molecular complexity index is 344. The minimum Gasteiger partial charge on any atom is -0.481 e. The number of anilines is 1. The summed E-state index contributed by atoms with van der Waals surface area (Å²) in [6.07, 6.45) is 1.03. The smallest absolute Gasteiger partial charge is 0.218 e. The van der Waals surface area contributed by atoms with Gasteiger partial charge in [-0.2, -0.15) is 4.98 Å². The normalized spacial score (nSPS) is 14.3. The molecular weight excluding hydrogens is 270 g/mol. The van der Waals surface area contributed by atoms with Crippen LogP contribution in [0, 0.1) is 6.92 Å². The number of hydrogen-bond donors (Lipinski definition) is 1. The third-order valence-electron chi connectivity index (χ3n) is 2.10. The molecule has 1 heterocycles. The molecular formula is C11H18BrN3O. The molecule has 5 heteroatoms. The van der Waals surface area contributed by atoms with E-state index in [0.717, 1.165) is 12.2 Å². The van der Waals surface area contributed by atoms with Gasteiger partial charge >= 0.3 is 0 Å². The number of hydrogen-bond acceptors (Lipinski definition) is 4. The van der Waals surface area contributed by atoms with E-state index >= 15 is 0 Å². The van der Waals surface area contributed by atoms with E-state index in [4.69, 9.17) is 4.74 Å². The van der Waals surface area contributed by atoms with Crippen LogP contribution in [0.5, 0.6) is 5.88 Å². The Kier molecular flexibility index (Phi) is 4.99. The van der Waals surface area contributed by atoms with Gasteiger partial charge in [0.2, 0.25) is 5.88 Å². The molecule has 0 amide bonds. The summed E-state index contributed by atoms with van der Waals surface area (Å²) in [7, 11) is 1.61. The van der Waals surface area contributed by atoms with Crippen LogP contribution in [0.15, 0.2) is 6.07 Å². The maximum Gasteiger partial charge on any atom is 0.218 e. The lowest BCUT2D eigenvalue weighted by atomic mass is 10.2. The number of ether oxygens (including phenoxy) is 1. The largest absolute Gasteiger partial charge is 0.481 e. The number of alkyl halides is 1. The first-order valence-electron chi connectivity index (χ1n) is 5.31. The Morgan fingerprint density at radius 3 is 2.69 bits per heavy atom. The van der Waals surface area contributed by atoms with Crippen LogP contribution in [0.25, 0.3) is 0 Å². The van der Waals surface area contributed by atoms with Crippen LogP contribution in [-0.4, -0.2) is 27.9 Å². The first-order valence-corrected chi connectivity index (χ1v) is 6.23. The highest BCUT2D eigenvalue weighted by Crippen LogP contribution is 2.16. The van der Waals surface area contributed by atoms with Gasteiger partial charge in [0, 0.05) is 16.9 Å². The third-order valence-corrected chi connectivity index (χ3v) is 2.47. The third kappa shape index (κ3) is 4.35. The van der Waals surface area contributed by atoms with Crippen molar-refractivity contribution in [1.29, 1.82) is 0 Å². The average Bonchev–Trinajstić information content (AvgIpc) is 2.14. The Morgan fingerprint density at radius 2 is 2.12 bits per heavy atom. The molecule has 1 aromatic heterocycles. The number of aromatic nitrogens is 2. The van der Waals surface area contributed by atoms with E-state index in [1.165, 1.54) is 0 Å². The fraction of sp³-hybridized carbons (Fsp3) is 0.636. The summed E-state index contributed by atoms with van der Waals surface area (Å²) in [6.45, 7) is 6.11. The minimum atomic E-state index is 0.355. The van der Waals surface area contributed by atoms with Crippen LogP contribution in [0.2, 0.25) is 0 Å². The number of halogens is 1. The van der Waals surface area contributed by atoms with Crippen LogP contribution >= 0.6 is 15.9 Å². The van der Waals surface area contributed by atoms with Gasteiger partial charge < -0.3 is 10.1 Å². The quantitative estimate of drug-likeness (QED) is 0.846. The molecule has 2 atom stereocenters. The molecule has 0 radical (unpaired) electrons. The zero-order valence-corrected chi connectivity index (χ0v) is 11.7. The Balaban J connectivity index is 2.69. The van der Waals surface area contributed by atoms with Crippen molar-refractivity contribution in [1.82, 2.24) is 9.97 Å². The van der Waals surface area contributed by atoms with E-state index < -0.39 is 0 Å². The summed E-state index contributed by atoms with van der Waals surface area (Å²) in [5.74, 6) is 2.11. The average molecular weight is 288 g/mol. The molecule has 0 saturated carbocycles. The maximum atomic E-state index is 5.10. The summed E-state index contributed by atoms with van der Waals surface area (Å²) in [5.41, 5.74) is 0. The first-order chi connectivity index (χ1) is 7.51. The fourth-order valence-corrected chi connectivity index (χ4v) is 2.08. The topological polar surface area (TPSA) is 47.0 Å². The van der Waals surface area contributed by atoms with Gasteiger partial charge in [-0.05, 0) is 20.3 Å². The molecule has 1 N–H and O–H groups in total. The second kappa shape index (κ2) is 6.03. The Labute approximate surface area is 105 Å². The summed E-state index contributed by atoms with van der Waals surface area (Å²) in [4.78, 5) is 8.94. The van der Waals surface area contributed by atoms with Gasteiger partial charge in [-0.3, -0.25) is 0 Å². The van der Waals surface area contributed by atoms with Gasteiger partial charge in [-0.1, -0.05) is 22.9 Å². The maximum absolute atomic E-state index is 5.10. The summed E-state index contributed by atoms with van der Waals surface area (Å²) in [6, 6.07) is 2.16. The highest BCUT2D eigenvalue weighted by atomic mass is 79.9. The van der Waals surface area contributed by atoms with Crippen molar-refractivity contribution in [2.45, 2.75) is 38.1 Å². The molecule has 16 heavy (non-hydrogen) atoms. The lowest BCUT2D eigenvalue weighted by molar-refractivity contribution is 0.396. The molecule has 0 saturated heterocycles. The van der Waals surface area contributed by atoms with Crippen LogP contribution in [-0.2, 0) is 0 Å². The number of aryl methyl sites for hydroxylation is 1. The molecule has 1 rings (SSSR count). The predicted molar refractivity (Wildman–Crippen MR) is 69.4 cm³/mol. The highest BCUT2D eigenvalue weighted by Gasteiger charge is 2.08. The van der Waals surface area contributed by atoms with Crippen molar-refractivity contribution in [3.63, 3.8) is 0 Å². The van der Waals surface area contributed by atoms with Crippen LogP contribution in [0.3, 0.4) is 0 Å². The summed E-state index contributed by atoms with van der Waals surface area (Å²) < 4.78 is 5.10. The van der Waals surface area contributed by atoms with Crippen molar-refractivity contribution in [2.75, 3.05) is 12.4 Å². The molecule has 0 spiro atoms. The molecule has 0 aromatic carbocycles. The second-order valence-corrected chi connectivity index (χ2v) is 5.47. The van der Waals surface area contributed by atoms with Gasteiger partial charge in [0.1, 0.15) is 11.6 Å². The second-order valence-electron chi connectivity index (χ2n) is 3.90. The predicted octanol–water partition coefficient (Wildman–Crippen LogP) is 2.77. The van der Waals surface area contributed by atoms with Crippen LogP contribution < -0.4 is 10.1 Å². The molecule has 0 aliphatic rings. The van der Waals surface area contributed by atoms with E-state index in [-0.39, 0.29) is 0 Å². The number of nitrogens with zero attached hydrogens (tertiary/aromatic N) is 2. The monoisotopic (exact) mass is 287 g/mol. The molecule has 2 unspecified atom stereocenters. The van der Waals surface area contributed by atoms with E-state index in [1.807, 2.05) is 13.0 Å². The van der Waals surface area contributed by atoms with Crippen LogP contribution in [0.1, 0.15) is 26.1 Å². The van der Waals surface area contributed by atoms with Crippen LogP contribution in [0.4, 0.5) is 5.82 Å². The standard InChI is InChI=1S/C11H18BrN3O/c1-7(12)5-8(2)13-10-6-11(16-4)15-9(3)14-10/h6-8H,5H2,1-4H3,(H,13,14,15). The van der Waals surface area contributed by atoms with Gasteiger partial charge in [-0.15, -0.1) is 0 Å². The van der Waals surface area contributed by atoms with Crippen molar-refractivity contribution in [3.8, 4) is 5.88 Å². The van der Waals surface area contributed by atoms with Gasteiger partial charge in [-0.25, -0.2) is 4.98 Å². The Morgan fingerprint density at radius 1 is 1.44 bits per heavy atom. The van der Waals surface area contributed by atoms with Gasteiger partial charge in [0.15, 0.2) is 0 Å². The molecule has 4 nitrogen and oxygen atoms in total. The van der Waals surface area contributed by atoms with Crippen molar-refractivity contribution in [2.24, 2.45) is 0 Å². The molecule has 1 aromatic rings. The van der Waals surface area contributed by atoms with E-state index in [0.29, 0.717) is 22.6 Å². The molecule has 90 valence electrons. The van der Waals surface area contributed by atoms with Crippen molar-refractivity contribution in [3.05, 3.63) is 11.9 Å². The zero-order valence-electron chi connectivity index (χ0n) is 10.1. The van der Waals surface area contributed by atoms with Gasteiger partial charge in [0.05, 0.1) is 7.11 Å². The van der Waals surface area contributed by atoms with Gasteiger partial charge in [0.25, 0.3) is 0 Å². The van der Waals surface area contributed by atoms with E-state index in [2.05, 4.69) is 45.1 Å². The van der Waals surface area contributed by atoms with E-state index in [1.54, 1.807) is 7.11 Å². The van der Waals surface area contributed by atoms with E-state index in [9.17, 15) is 0 Å². The SMILES string of the molecule is COc1cc(NC(C)CC(C)Br)nc(C)n1. The number of methoxy groups -OCH3 is 1. The molecule has 0 bridgehead atoms.